The molecule has 4 aliphatic rings. The van der Waals surface area contributed by atoms with E-state index in [0.29, 0.717) is 16.8 Å². The van der Waals surface area contributed by atoms with E-state index in [-0.39, 0.29) is 58.6 Å². The summed E-state index contributed by atoms with van der Waals surface area (Å²) in [5.41, 5.74) is 6.82. The quantitative estimate of drug-likeness (QED) is 0.123. The molecule has 1 aliphatic carbocycles. The molecule has 3 aromatic rings. The van der Waals surface area contributed by atoms with Crippen LogP contribution in [0.15, 0.2) is 63.5 Å². The van der Waals surface area contributed by atoms with Gasteiger partial charge in [0.25, 0.3) is 0 Å². The predicted molar refractivity (Wildman–Crippen MR) is 170 cm³/mol. The van der Waals surface area contributed by atoms with Gasteiger partial charge in [0, 0.05) is 34.4 Å². The number of ether oxygens (including phenoxy) is 2. The summed E-state index contributed by atoms with van der Waals surface area (Å²) in [6.45, 7) is -1.15. The van der Waals surface area contributed by atoms with Crippen molar-refractivity contribution in [2.24, 2.45) is 20.7 Å². The van der Waals surface area contributed by atoms with Crippen LogP contribution < -0.4 is 15.4 Å². The summed E-state index contributed by atoms with van der Waals surface area (Å²) in [7, 11) is 0. The molecule has 0 spiro atoms. The lowest BCUT2D eigenvalue weighted by Crippen LogP contribution is -2.60. The highest BCUT2D eigenvalue weighted by atomic mass is 16.7. The van der Waals surface area contributed by atoms with E-state index in [9.17, 15) is 45.0 Å². The minimum Gasteiger partial charge on any atom is -0.504 e. The van der Waals surface area contributed by atoms with Gasteiger partial charge in [0.05, 0.1) is 18.8 Å². The maximum atomic E-state index is 13.8. The molecule has 16 nitrogen and oxygen atoms in total. The lowest BCUT2D eigenvalue weighted by atomic mass is 9.81. The summed E-state index contributed by atoms with van der Waals surface area (Å²) in [5, 5.41) is 62.6. The number of hydrogen-bond acceptors (Lipinski definition) is 15. The predicted octanol–water partition coefficient (Wildman–Crippen LogP) is -1.10. The van der Waals surface area contributed by atoms with E-state index < -0.39 is 72.7 Å². The van der Waals surface area contributed by atoms with E-state index in [1.165, 1.54) is 24.3 Å². The number of para-hydroxylation sites is 1. The molecule has 7 rings (SSSR count). The van der Waals surface area contributed by atoms with Gasteiger partial charge in [-0.2, -0.15) is 9.98 Å². The molecule has 0 bridgehead atoms. The fourth-order valence-corrected chi connectivity index (χ4v) is 6.31. The number of rotatable bonds is 7. The van der Waals surface area contributed by atoms with Gasteiger partial charge < -0.3 is 50.7 Å². The van der Waals surface area contributed by atoms with E-state index in [4.69, 9.17) is 15.2 Å². The number of aliphatic hydroxyl groups excluding tert-OH is 5. The van der Waals surface area contributed by atoms with Gasteiger partial charge in [0.2, 0.25) is 12.2 Å². The fourth-order valence-electron chi connectivity index (χ4n) is 6.31. The number of amidine groups is 1. The number of anilines is 1. The van der Waals surface area contributed by atoms with Crippen molar-refractivity contribution in [2.75, 3.05) is 18.2 Å². The Kier molecular flexibility index (Phi) is 8.06. The van der Waals surface area contributed by atoms with E-state index >= 15 is 0 Å². The topological polar surface area (TPSA) is 257 Å². The van der Waals surface area contributed by atoms with Crippen molar-refractivity contribution in [3.63, 3.8) is 0 Å². The number of carbonyl (C=O) groups excluding carboxylic acids is 3. The van der Waals surface area contributed by atoms with Crippen molar-refractivity contribution >= 4 is 40.7 Å². The summed E-state index contributed by atoms with van der Waals surface area (Å²) < 4.78 is 11.5. The van der Waals surface area contributed by atoms with Gasteiger partial charge >= 0.3 is 5.91 Å². The van der Waals surface area contributed by atoms with Crippen LogP contribution in [-0.4, -0.2) is 110 Å². The van der Waals surface area contributed by atoms with Gasteiger partial charge in [0.1, 0.15) is 31.1 Å². The lowest BCUT2D eigenvalue weighted by Gasteiger charge is -2.40. The Morgan fingerprint density at radius 1 is 0.898 bits per heavy atom. The molecule has 3 aliphatic heterocycles. The summed E-state index contributed by atoms with van der Waals surface area (Å²) in [5.74, 6) is -3.18. The smallest absolute Gasteiger partial charge is 0.302 e. The number of guanidine groups is 1. The fraction of sp³-hybridized carbons (Fsp3) is 0.273. The largest absolute Gasteiger partial charge is 0.504 e. The highest BCUT2D eigenvalue weighted by Gasteiger charge is 2.46. The molecule has 5 atom stereocenters. The first-order valence-electron chi connectivity index (χ1n) is 15.1. The molecule has 49 heavy (non-hydrogen) atoms. The van der Waals surface area contributed by atoms with Gasteiger partial charge in [-0.15, -0.1) is 0 Å². The third-order valence-corrected chi connectivity index (χ3v) is 8.78. The number of hydrogen-bond donors (Lipinski definition) is 7. The highest BCUT2D eigenvalue weighted by Crippen LogP contribution is 2.44. The number of carbonyl (C=O) groups is 3. The zero-order valence-corrected chi connectivity index (χ0v) is 25.4. The van der Waals surface area contributed by atoms with Crippen LogP contribution in [0.4, 0.5) is 5.69 Å². The number of ketones is 2. The van der Waals surface area contributed by atoms with E-state index in [1.54, 1.807) is 29.2 Å². The second kappa shape index (κ2) is 12.3. The molecule has 16 heteroatoms. The van der Waals surface area contributed by atoms with E-state index in [2.05, 4.69) is 15.0 Å². The molecule has 1 amide bonds. The Morgan fingerprint density at radius 3 is 2.43 bits per heavy atom. The van der Waals surface area contributed by atoms with Gasteiger partial charge in [0.15, 0.2) is 34.6 Å². The molecule has 8 N–H and O–H groups in total. The average molecular weight is 672 g/mol. The number of aliphatic imine (C=N–C) groups is 3. The molecule has 0 saturated carbocycles. The average Bonchev–Trinajstić information content (AvgIpc) is 3.52. The second-order valence-electron chi connectivity index (χ2n) is 11.7. The van der Waals surface area contributed by atoms with Crippen LogP contribution in [0.25, 0.3) is 0 Å². The zero-order valence-electron chi connectivity index (χ0n) is 25.4. The van der Waals surface area contributed by atoms with Crippen LogP contribution in [0.2, 0.25) is 0 Å². The van der Waals surface area contributed by atoms with Crippen LogP contribution in [-0.2, 0) is 22.6 Å². The van der Waals surface area contributed by atoms with Crippen LogP contribution in [0, 0.1) is 0 Å². The molecule has 1 fully saturated rings. The van der Waals surface area contributed by atoms with Crippen molar-refractivity contribution in [2.45, 2.75) is 43.7 Å². The SMILES string of the molecule is NC1=NC(=O)C2=NCN(c3ccccc3Cc3cc4c(c(O)c3O[C@H]3O[C@@H](CO)[C@H](O)[C@@H](O)[C@@H]3O)C(=O)c3cc(CO)ccc3C4=O)C2=N1. The Labute approximate surface area is 276 Å². The number of phenols is 1. The summed E-state index contributed by atoms with van der Waals surface area (Å²) in [6.07, 6.45) is -8.56. The first-order valence-corrected chi connectivity index (χ1v) is 15.1. The van der Waals surface area contributed by atoms with Crippen LogP contribution in [0.1, 0.15) is 48.5 Å². The molecule has 3 aromatic carbocycles. The Bertz CT molecular complexity index is 2020. The first-order chi connectivity index (χ1) is 23.5. The maximum absolute atomic E-state index is 13.8. The van der Waals surface area contributed by atoms with E-state index in [1.807, 2.05) is 0 Å². The van der Waals surface area contributed by atoms with Crippen LogP contribution in [0.5, 0.6) is 11.5 Å². The number of phenolic OH excluding ortho intramolecular Hbond substituents is 1. The minimum absolute atomic E-state index is 0.00296. The van der Waals surface area contributed by atoms with Crippen LogP contribution >= 0.6 is 0 Å². The number of aliphatic hydroxyl groups is 5. The van der Waals surface area contributed by atoms with Gasteiger partial charge in [-0.3, -0.25) is 19.4 Å². The maximum Gasteiger partial charge on any atom is 0.302 e. The molecular formula is C33H29N5O11. The third kappa shape index (κ3) is 5.27. The molecule has 0 unspecified atom stereocenters. The van der Waals surface area contributed by atoms with Crippen molar-refractivity contribution in [1.82, 2.24) is 0 Å². The molecule has 0 aromatic heterocycles. The van der Waals surface area contributed by atoms with Crippen molar-refractivity contribution in [1.29, 1.82) is 0 Å². The standard InChI is InChI=1S/C33H29N5O11/c34-33-36-30-22(31(47)37-33)35-12-38(30)19-4-2-1-3-14(19)8-15-9-18-21(24(42)17-7-13(10-39)5-6-16(17)23(18)41)26(44)29(15)49-32-28(46)27(45)25(43)20(11-40)48-32/h1-7,9,20,25,27-28,32,39-40,43-46H,8,10-12H2,(H2,34,37,47)/t20-,25-,27+,28-,32+/m0/s1. The van der Waals surface area contributed by atoms with Crippen LogP contribution in [0.3, 0.4) is 0 Å². The molecule has 3 heterocycles. The molecule has 252 valence electrons. The van der Waals surface area contributed by atoms with E-state index in [0.717, 1.165) is 0 Å². The molecule has 1 saturated heterocycles. The number of benzene rings is 3. The number of aromatic hydroxyl groups is 1. The van der Waals surface area contributed by atoms with Gasteiger partial charge in [-0.1, -0.05) is 24.3 Å². The minimum atomic E-state index is -1.87. The first kappa shape index (κ1) is 32.2. The van der Waals surface area contributed by atoms with Crippen molar-refractivity contribution in [3.8, 4) is 11.5 Å². The Hall–Kier alpha value is -5.36. The molecule has 0 radical (unpaired) electrons. The van der Waals surface area contributed by atoms with Gasteiger partial charge in [-0.05, 0) is 35.4 Å². The number of nitrogens with zero attached hydrogens (tertiary/aromatic N) is 4. The van der Waals surface area contributed by atoms with Crippen molar-refractivity contribution in [3.05, 3.63) is 87.5 Å². The highest BCUT2D eigenvalue weighted by molar-refractivity contribution is 6.72. The van der Waals surface area contributed by atoms with Gasteiger partial charge in [-0.25, -0.2) is 0 Å². The Balaban J connectivity index is 1.35. The Morgan fingerprint density at radius 2 is 1.67 bits per heavy atom. The summed E-state index contributed by atoms with van der Waals surface area (Å²) in [4.78, 5) is 53.8. The summed E-state index contributed by atoms with van der Waals surface area (Å²) in [6, 6.07) is 12.5. The second-order valence-corrected chi connectivity index (χ2v) is 11.7. The normalized spacial score (nSPS) is 24.5. The monoisotopic (exact) mass is 671 g/mol. The number of fused-ring (bicyclic) bond motifs is 3. The lowest BCUT2D eigenvalue weighted by molar-refractivity contribution is -0.277. The third-order valence-electron chi connectivity index (χ3n) is 8.78. The molecular weight excluding hydrogens is 642 g/mol. The zero-order chi connectivity index (χ0) is 34.7. The number of nitrogens with two attached hydrogens (primary N) is 1. The van der Waals surface area contributed by atoms with Crippen molar-refractivity contribution < 1.29 is 54.5 Å². The number of amides is 1. The summed E-state index contributed by atoms with van der Waals surface area (Å²) >= 11 is 0.